The van der Waals surface area contributed by atoms with Gasteiger partial charge in [0.05, 0.1) is 31.4 Å². The van der Waals surface area contributed by atoms with Crippen molar-refractivity contribution in [2.75, 3.05) is 19.0 Å². The first-order chi connectivity index (χ1) is 13.2. The molecule has 0 aliphatic heterocycles. The topological polar surface area (TPSA) is 86.5 Å². The number of aromatic nitrogens is 2. The summed E-state index contributed by atoms with van der Waals surface area (Å²) >= 11 is 0. The smallest absolute Gasteiger partial charge is 0.338 e. The van der Waals surface area contributed by atoms with Crippen LogP contribution in [0.25, 0.3) is 11.4 Å². The number of benzene rings is 2. The van der Waals surface area contributed by atoms with Crippen molar-refractivity contribution < 1.29 is 18.8 Å². The highest BCUT2D eigenvalue weighted by atomic mass is 16.5. The van der Waals surface area contributed by atoms with Crippen LogP contribution in [-0.2, 0) is 11.3 Å². The first-order valence-corrected chi connectivity index (χ1v) is 8.68. The van der Waals surface area contributed by atoms with Gasteiger partial charge in [-0.2, -0.15) is 4.98 Å². The predicted molar refractivity (Wildman–Crippen MR) is 101 cm³/mol. The summed E-state index contributed by atoms with van der Waals surface area (Å²) in [6.07, 6.45) is 0.798. The number of para-hydroxylation sites is 1. The fraction of sp³-hybridized carbons (Fsp3) is 0.250. The van der Waals surface area contributed by atoms with E-state index in [1.165, 1.54) is 0 Å². The number of hydrogen-bond donors (Lipinski definition) is 1. The molecule has 1 aromatic heterocycles. The van der Waals surface area contributed by atoms with Crippen LogP contribution in [0.15, 0.2) is 53.1 Å². The van der Waals surface area contributed by atoms with Crippen LogP contribution in [0.5, 0.6) is 5.75 Å². The van der Waals surface area contributed by atoms with Crippen LogP contribution < -0.4 is 10.1 Å². The van der Waals surface area contributed by atoms with E-state index in [2.05, 4.69) is 15.5 Å². The van der Waals surface area contributed by atoms with Crippen LogP contribution in [0.4, 0.5) is 5.69 Å². The molecule has 7 nitrogen and oxygen atoms in total. The van der Waals surface area contributed by atoms with Crippen LogP contribution in [-0.4, -0.2) is 29.8 Å². The molecule has 0 unspecified atom stereocenters. The minimum atomic E-state index is -0.318. The van der Waals surface area contributed by atoms with Gasteiger partial charge in [-0.1, -0.05) is 24.2 Å². The highest BCUT2D eigenvalue weighted by Gasteiger charge is 2.13. The molecule has 0 fully saturated rings. The Labute approximate surface area is 157 Å². The van der Waals surface area contributed by atoms with Crippen LogP contribution in [0.1, 0.15) is 29.6 Å². The van der Waals surface area contributed by atoms with Crippen molar-refractivity contribution in [2.24, 2.45) is 0 Å². The van der Waals surface area contributed by atoms with Crippen molar-refractivity contribution in [1.29, 1.82) is 0 Å². The average Bonchev–Trinajstić information content (AvgIpc) is 3.19. The molecule has 3 rings (SSSR count). The van der Waals surface area contributed by atoms with Crippen molar-refractivity contribution in [3.8, 4) is 17.1 Å². The van der Waals surface area contributed by atoms with E-state index in [-0.39, 0.29) is 5.97 Å². The number of nitrogens with zero attached hydrogens (tertiary/aromatic N) is 2. The number of rotatable bonds is 8. The van der Waals surface area contributed by atoms with Crippen LogP contribution in [0.2, 0.25) is 0 Å². The Kier molecular flexibility index (Phi) is 6.04. The maximum atomic E-state index is 11.8. The molecule has 140 valence electrons. The molecular formula is C20H21N3O4. The second-order valence-electron chi connectivity index (χ2n) is 5.78. The zero-order valence-corrected chi connectivity index (χ0v) is 15.3. The molecule has 3 aromatic rings. The summed E-state index contributed by atoms with van der Waals surface area (Å²) < 4.78 is 15.7. The van der Waals surface area contributed by atoms with Gasteiger partial charge in [-0.25, -0.2) is 4.79 Å². The van der Waals surface area contributed by atoms with Crippen molar-refractivity contribution in [3.63, 3.8) is 0 Å². The monoisotopic (exact) mass is 367 g/mol. The van der Waals surface area contributed by atoms with E-state index in [4.69, 9.17) is 14.0 Å². The Morgan fingerprint density at radius 2 is 1.93 bits per heavy atom. The van der Waals surface area contributed by atoms with Gasteiger partial charge in [-0.05, 0) is 42.8 Å². The van der Waals surface area contributed by atoms with Crippen molar-refractivity contribution in [2.45, 2.75) is 19.9 Å². The van der Waals surface area contributed by atoms with E-state index in [1.807, 2.05) is 31.2 Å². The summed E-state index contributed by atoms with van der Waals surface area (Å²) in [5, 5.41) is 7.19. The molecule has 0 saturated heterocycles. The minimum absolute atomic E-state index is 0.318. The summed E-state index contributed by atoms with van der Waals surface area (Å²) in [4.78, 5) is 16.2. The third-order valence-corrected chi connectivity index (χ3v) is 3.82. The van der Waals surface area contributed by atoms with Crippen molar-refractivity contribution in [3.05, 3.63) is 60.0 Å². The van der Waals surface area contributed by atoms with Gasteiger partial charge < -0.3 is 19.3 Å². The minimum Gasteiger partial charge on any atom is -0.496 e. The average molecular weight is 367 g/mol. The van der Waals surface area contributed by atoms with Gasteiger partial charge in [-0.3, -0.25) is 0 Å². The first kappa shape index (κ1) is 18.4. The lowest BCUT2D eigenvalue weighted by Crippen LogP contribution is -2.06. The number of carbonyl (C=O) groups excluding carboxylic acids is 1. The molecular weight excluding hydrogens is 346 g/mol. The fourth-order valence-corrected chi connectivity index (χ4v) is 2.45. The largest absolute Gasteiger partial charge is 0.496 e. The summed E-state index contributed by atoms with van der Waals surface area (Å²) in [5.41, 5.74) is 2.12. The quantitative estimate of drug-likeness (QED) is 0.604. The van der Waals surface area contributed by atoms with Crippen molar-refractivity contribution >= 4 is 11.7 Å². The van der Waals surface area contributed by atoms with E-state index in [0.717, 1.165) is 17.7 Å². The van der Waals surface area contributed by atoms with Gasteiger partial charge in [0, 0.05) is 5.69 Å². The number of carbonyl (C=O) groups is 1. The predicted octanol–water partition coefficient (Wildman–Crippen LogP) is 3.92. The van der Waals surface area contributed by atoms with Gasteiger partial charge >= 0.3 is 5.97 Å². The second-order valence-corrected chi connectivity index (χ2v) is 5.78. The van der Waals surface area contributed by atoms with Gasteiger partial charge in [-0.15, -0.1) is 0 Å². The molecule has 0 aliphatic carbocycles. The van der Waals surface area contributed by atoms with E-state index in [9.17, 15) is 4.79 Å². The number of nitrogens with one attached hydrogen (secondary N) is 1. The Bertz CT molecular complexity index is 890. The summed E-state index contributed by atoms with van der Waals surface area (Å²) in [6.45, 7) is 2.74. The maximum absolute atomic E-state index is 11.8. The van der Waals surface area contributed by atoms with Gasteiger partial charge in [0.15, 0.2) is 0 Å². The lowest BCUT2D eigenvalue weighted by molar-refractivity contribution is 0.0505. The van der Waals surface area contributed by atoms with E-state index in [0.29, 0.717) is 36.2 Å². The number of ether oxygens (including phenoxy) is 2. The molecule has 0 aliphatic rings. The summed E-state index contributed by atoms with van der Waals surface area (Å²) in [5.74, 6) is 1.28. The lowest BCUT2D eigenvalue weighted by Gasteiger charge is -2.06. The molecule has 2 aromatic carbocycles. The number of hydrogen-bond acceptors (Lipinski definition) is 7. The van der Waals surface area contributed by atoms with E-state index in [1.54, 1.807) is 31.4 Å². The molecule has 0 saturated carbocycles. The Balaban J connectivity index is 1.61. The zero-order chi connectivity index (χ0) is 19.1. The van der Waals surface area contributed by atoms with Crippen LogP contribution >= 0.6 is 0 Å². The zero-order valence-electron chi connectivity index (χ0n) is 15.3. The van der Waals surface area contributed by atoms with Crippen LogP contribution in [0.3, 0.4) is 0 Å². The highest BCUT2D eigenvalue weighted by Crippen LogP contribution is 2.27. The molecule has 7 heteroatoms. The fourth-order valence-electron chi connectivity index (χ4n) is 2.45. The number of anilines is 1. The Morgan fingerprint density at radius 3 is 2.67 bits per heavy atom. The van der Waals surface area contributed by atoms with Crippen LogP contribution in [0, 0.1) is 0 Å². The number of methoxy groups -OCH3 is 1. The number of esters is 1. The van der Waals surface area contributed by atoms with Crippen molar-refractivity contribution in [1.82, 2.24) is 10.1 Å². The first-order valence-electron chi connectivity index (χ1n) is 8.68. The van der Waals surface area contributed by atoms with E-state index >= 15 is 0 Å². The van der Waals surface area contributed by atoms with Gasteiger partial charge in [0.1, 0.15) is 5.75 Å². The second kappa shape index (κ2) is 8.84. The Morgan fingerprint density at radius 1 is 1.15 bits per heavy atom. The Hall–Kier alpha value is -3.35. The molecule has 0 spiro atoms. The molecule has 1 heterocycles. The maximum Gasteiger partial charge on any atom is 0.338 e. The van der Waals surface area contributed by atoms with E-state index < -0.39 is 0 Å². The molecule has 27 heavy (non-hydrogen) atoms. The lowest BCUT2D eigenvalue weighted by atomic mass is 10.2. The standard InChI is InChI=1S/C20H21N3O4/c1-3-12-26-20(24)14-8-10-15(11-9-14)21-13-18-22-19(23-27-18)16-6-4-5-7-17(16)25-2/h4-11,21H,3,12-13H2,1-2H3. The SMILES string of the molecule is CCCOC(=O)c1ccc(NCc2nc(-c3ccccc3OC)no2)cc1. The highest BCUT2D eigenvalue weighted by molar-refractivity contribution is 5.89. The van der Waals surface area contributed by atoms with Gasteiger partial charge in [0.25, 0.3) is 0 Å². The molecule has 1 N–H and O–H groups in total. The molecule has 0 bridgehead atoms. The summed E-state index contributed by atoms with van der Waals surface area (Å²) in [7, 11) is 1.60. The summed E-state index contributed by atoms with van der Waals surface area (Å²) in [6, 6.07) is 14.5. The molecule has 0 amide bonds. The third kappa shape index (κ3) is 4.63. The molecule has 0 radical (unpaired) electrons. The normalized spacial score (nSPS) is 10.4. The van der Waals surface area contributed by atoms with Gasteiger partial charge in [0.2, 0.25) is 11.7 Å². The third-order valence-electron chi connectivity index (χ3n) is 3.82. The molecule has 0 atom stereocenters.